The maximum atomic E-state index is 5.83. The van der Waals surface area contributed by atoms with Crippen molar-refractivity contribution in [2.45, 2.75) is 19.4 Å². The van der Waals surface area contributed by atoms with Crippen molar-refractivity contribution in [2.24, 2.45) is 0 Å². The van der Waals surface area contributed by atoms with E-state index in [1.165, 1.54) is 0 Å². The highest BCUT2D eigenvalue weighted by atomic mass is 35.5. The summed E-state index contributed by atoms with van der Waals surface area (Å²) in [4.78, 5) is 0. The van der Waals surface area contributed by atoms with Crippen LogP contribution in [0.1, 0.15) is 25.0 Å². The molecular formula is C12H18ClNO. The van der Waals surface area contributed by atoms with Crippen LogP contribution in [0.2, 0.25) is 5.02 Å². The second-order valence-corrected chi connectivity index (χ2v) is 3.92. The van der Waals surface area contributed by atoms with E-state index in [4.69, 9.17) is 16.3 Å². The van der Waals surface area contributed by atoms with Gasteiger partial charge in [-0.05, 0) is 30.7 Å². The van der Waals surface area contributed by atoms with Gasteiger partial charge < -0.3 is 10.1 Å². The molecule has 0 bridgehead atoms. The van der Waals surface area contributed by atoms with E-state index in [9.17, 15) is 0 Å². The highest BCUT2D eigenvalue weighted by molar-refractivity contribution is 6.30. The lowest BCUT2D eigenvalue weighted by Crippen LogP contribution is -2.23. The summed E-state index contributed by atoms with van der Waals surface area (Å²) < 4.78 is 5.42. The predicted octanol–water partition coefficient (Wildman–Crippen LogP) is 3.03. The molecule has 1 atom stereocenters. The first-order valence-corrected chi connectivity index (χ1v) is 5.64. The van der Waals surface area contributed by atoms with Crippen molar-refractivity contribution in [3.8, 4) is 0 Å². The third-order valence-electron chi connectivity index (χ3n) is 2.28. The molecule has 0 aliphatic rings. The van der Waals surface area contributed by atoms with E-state index in [0.717, 1.165) is 30.1 Å². The number of rotatable bonds is 6. The van der Waals surface area contributed by atoms with Crippen molar-refractivity contribution < 1.29 is 4.74 Å². The minimum Gasteiger partial charge on any atom is -0.375 e. The monoisotopic (exact) mass is 227 g/mol. The average Bonchev–Trinajstić information content (AvgIpc) is 2.26. The van der Waals surface area contributed by atoms with Gasteiger partial charge >= 0.3 is 0 Å². The molecular weight excluding hydrogens is 210 g/mol. The van der Waals surface area contributed by atoms with Crippen LogP contribution in [-0.2, 0) is 4.74 Å². The van der Waals surface area contributed by atoms with Gasteiger partial charge in [0.2, 0.25) is 0 Å². The molecule has 0 saturated carbocycles. The highest BCUT2D eigenvalue weighted by Gasteiger charge is 2.08. The van der Waals surface area contributed by atoms with Gasteiger partial charge in [0, 0.05) is 18.7 Å². The summed E-state index contributed by atoms with van der Waals surface area (Å²) in [6.07, 6.45) is 1.24. The summed E-state index contributed by atoms with van der Waals surface area (Å²) in [5.41, 5.74) is 1.16. The normalized spacial score (nSPS) is 12.7. The number of nitrogens with one attached hydrogen (secondary N) is 1. The van der Waals surface area contributed by atoms with E-state index in [2.05, 4.69) is 12.2 Å². The van der Waals surface area contributed by atoms with Crippen molar-refractivity contribution in [1.82, 2.24) is 5.32 Å². The van der Waals surface area contributed by atoms with Gasteiger partial charge in [0.05, 0.1) is 6.10 Å². The molecule has 0 fully saturated rings. The van der Waals surface area contributed by atoms with Crippen LogP contribution in [0.3, 0.4) is 0 Å². The minimum atomic E-state index is 0.105. The summed E-state index contributed by atoms with van der Waals surface area (Å²) in [5, 5.41) is 4.10. The maximum absolute atomic E-state index is 5.83. The van der Waals surface area contributed by atoms with Crippen molar-refractivity contribution in [1.29, 1.82) is 0 Å². The first-order chi connectivity index (χ1) is 7.27. The van der Waals surface area contributed by atoms with Crippen LogP contribution in [0.25, 0.3) is 0 Å². The van der Waals surface area contributed by atoms with Gasteiger partial charge in [0.25, 0.3) is 0 Å². The standard InChI is InChI=1S/C12H18ClNO/c1-3-8-14-9-12(15-2)10-4-6-11(13)7-5-10/h4-7,12,14H,3,8-9H2,1-2H3. The first-order valence-electron chi connectivity index (χ1n) is 5.27. The van der Waals surface area contributed by atoms with Crippen LogP contribution in [0.4, 0.5) is 0 Å². The Bertz CT molecular complexity index is 273. The molecule has 0 spiro atoms. The molecule has 84 valence electrons. The van der Waals surface area contributed by atoms with E-state index >= 15 is 0 Å². The second-order valence-electron chi connectivity index (χ2n) is 3.48. The van der Waals surface area contributed by atoms with Crippen molar-refractivity contribution in [2.75, 3.05) is 20.2 Å². The van der Waals surface area contributed by atoms with Crippen LogP contribution < -0.4 is 5.32 Å². The average molecular weight is 228 g/mol. The Morgan fingerprint density at radius 2 is 2.00 bits per heavy atom. The molecule has 0 heterocycles. The summed E-state index contributed by atoms with van der Waals surface area (Å²) in [5.74, 6) is 0. The number of ether oxygens (including phenoxy) is 1. The SMILES string of the molecule is CCCNCC(OC)c1ccc(Cl)cc1. The molecule has 0 radical (unpaired) electrons. The van der Waals surface area contributed by atoms with Gasteiger partial charge in [-0.3, -0.25) is 0 Å². The second kappa shape index (κ2) is 6.83. The lowest BCUT2D eigenvalue weighted by Gasteiger charge is -2.16. The van der Waals surface area contributed by atoms with Gasteiger partial charge in [-0.15, -0.1) is 0 Å². The van der Waals surface area contributed by atoms with Gasteiger partial charge in [-0.25, -0.2) is 0 Å². The third-order valence-corrected chi connectivity index (χ3v) is 2.53. The molecule has 1 aromatic rings. The molecule has 0 saturated heterocycles. The quantitative estimate of drug-likeness (QED) is 0.755. The van der Waals surface area contributed by atoms with Crippen LogP contribution in [0.15, 0.2) is 24.3 Å². The molecule has 0 aliphatic heterocycles. The molecule has 0 aliphatic carbocycles. The Hall–Kier alpha value is -0.570. The molecule has 0 amide bonds. The summed E-state index contributed by atoms with van der Waals surface area (Å²) in [6, 6.07) is 7.79. The van der Waals surface area contributed by atoms with Crippen LogP contribution in [0, 0.1) is 0 Å². The Labute approximate surface area is 96.6 Å². The minimum absolute atomic E-state index is 0.105. The largest absolute Gasteiger partial charge is 0.375 e. The number of methoxy groups -OCH3 is 1. The number of benzene rings is 1. The highest BCUT2D eigenvalue weighted by Crippen LogP contribution is 2.18. The van der Waals surface area contributed by atoms with Crippen LogP contribution >= 0.6 is 11.6 Å². The molecule has 15 heavy (non-hydrogen) atoms. The van der Waals surface area contributed by atoms with Gasteiger partial charge in [-0.1, -0.05) is 30.7 Å². The molecule has 1 unspecified atom stereocenters. The lowest BCUT2D eigenvalue weighted by atomic mass is 10.1. The van der Waals surface area contributed by atoms with Crippen molar-refractivity contribution in [3.05, 3.63) is 34.9 Å². The molecule has 2 nitrogen and oxygen atoms in total. The topological polar surface area (TPSA) is 21.3 Å². The van der Waals surface area contributed by atoms with Gasteiger partial charge in [-0.2, -0.15) is 0 Å². The predicted molar refractivity (Wildman–Crippen MR) is 64.4 cm³/mol. The number of halogens is 1. The summed E-state index contributed by atoms with van der Waals surface area (Å²) in [6.45, 7) is 4.01. The number of hydrogen-bond acceptors (Lipinski definition) is 2. The fourth-order valence-corrected chi connectivity index (χ4v) is 1.55. The van der Waals surface area contributed by atoms with Crippen molar-refractivity contribution in [3.63, 3.8) is 0 Å². The van der Waals surface area contributed by atoms with Crippen molar-refractivity contribution >= 4 is 11.6 Å². The van der Waals surface area contributed by atoms with E-state index in [1.807, 2.05) is 24.3 Å². The molecule has 3 heteroatoms. The smallest absolute Gasteiger partial charge is 0.0945 e. The summed E-state index contributed by atoms with van der Waals surface area (Å²) >= 11 is 5.83. The zero-order chi connectivity index (χ0) is 11.1. The molecule has 1 N–H and O–H groups in total. The fourth-order valence-electron chi connectivity index (χ4n) is 1.42. The Balaban J connectivity index is 2.53. The van der Waals surface area contributed by atoms with Crippen LogP contribution in [-0.4, -0.2) is 20.2 Å². The van der Waals surface area contributed by atoms with Gasteiger partial charge in [0.15, 0.2) is 0 Å². The first kappa shape index (κ1) is 12.5. The maximum Gasteiger partial charge on any atom is 0.0945 e. The fraction of sp³-hybridized carbons (Fsp3) is 0.500. The zero-order valence-corrected chi connectivity index (χ0v) is 10.1. The van der Waals surface area contributed by atoms with E-state index < -0.39 is 0 Å². The number of hydrogen-bond donors (Lipinski definition) is 1. The lowest BCUT2D eigenvalue weighted by molar-refractivity contribution is 0.102. The molecule has 1 rings (SSSR count). The van der Waals surface area contributed by atoms with Crippen LogP contribution in [0.5, 0.6) is 0 Å². The van der Waals surface area contributed by atoms with E-state index in [0.29, 0.717) is 0 Å². The Morgan fingerprint density at radius 3 is 2.53 bits per heavy atom. The summed E-state index contributed by atoms with van der Waals surface area (Å²) in [7, 11) is 1.73. The Morgan fingerprint density at radius 1 is 1.33 bits per heavy atom. The van der Waals surface area contributed by atoms with Gasteiger partial charge in [0.1, 0.15) is 0 Å². The zero-order valence-electron chi connectivity index (χ0n) is 9.29. The molecule has 0 aromatic heterocycles. The van der Waals surface area contributed by atoms with E-state index in [1.54, 1.807) is 7.11 Å². The molecule has 1 aromatic carbocycles. The Kier molecular flexibility index (Phi) is 5.69. The van der Waals surface area contributed by atoms with E-state index in [-0.39, 0.29) is 6.10 Å². The third kappa shape index (κ3) is 4.20.